The van der Waals surface area contributed by atoms with Crippen LogP contribution in [0, 0.1) is 6.92 Å². The van der Waals surface area contributed by atoms with Gasteiger partial charge in [-0.2, -0.15) is 0 Å². The maximum atomic E-state index is 11.8. The number of nitrogens with one attached hydrogen (secondary N) is 1. The van der Waals surface area contributed by atoms with Gasteiger partial charge in [0.15, 0.2) is 0 Å². The summed E-state index contributed by atoms with van der Waals surface area (Å²) in [5.41, 5.74) is 1.59. The van der Waals surface area contributed by atoms with Crippen LogP contribution in [0.25, 0.3) is 0 Å². The lowest BCUT2D eigenvalue weighted by atomic mass is 10.1. The van der Waals surface area contributed by atoms with Gasteiger partial charge in [-0.1, -0.05) is 11.6 Å². The highest BCUT2D eigenvalue weighted by molar-refractivity contribution is 6.31. The second-order valence-electron chi connectivity index (χ2n) is 4.01. The Morgan fingerprint density at radius 3 is 2.88 bits per heavy atom. The van der Waals surface area contributed by atoms with E-state index in [9.17, 15) is 4.79 Å². The highest BCUT2D eigenvalue weighted by Gasteiger charge is 2.18. The van der Waals surface area contributed by atoms with Gasteiger partial charge >= 0.3 is 0 Å². The SMILES string of the molecule is Cc1cc(Cl)cc(C(=O)NCC2CCO2)c1. The molecule has 0 spiro atoms. The van der Waals surface area contributed by atoms with Crippen LogP contribution in [0.5, 0.6) is 0 Å². The van der Waals surface area contributed by atoms with Crippen molar-refractivity contribution in [3.05, 3.63) is 34.3 Å². The van der Waals surface area contributed by atoms with E-state index in [1.165, 1.54) is 0 Å². The molecule has 0 aromatic heterocycles. The van der Waals surface area contributed by atoms with Crippen molar-refractivity contribution in [2.75, 3.05) is 13.2 Å². The van der Waals surface area contributed by atoms with E-state index in [1.807, 2.05) is 19.1 Å². The van der Waals surface area contributed by atoms with E-state index in [0.29, 0.717) is 17.1 Å². The summed E-state index contributed by atoms with van der Waals surface area (Å²) in [7, 11) is 0. The monoisotopic (exact) mass is 239 g/mol. The van der Waals surface area contributed by atoms with Crippen molar-refractivity contribution in [2.24, 2.45) is 0 Å². The largest absolute Gasteiger partial charge is 0.376 e. The molecule has 0 radical (unpaired) electrons. The summed E-state index contributed by atoms with van der Waals surface area (Å²) in [4.78, 5) is 11.8. The highest BCUT2D eigenvalue weighted by atomic mass is 35.5. The summed E-state index contributed by atoms with van der Waals surface area (Å²) >= 11 is 5.89. The average Bonchev–Trinajstić information content (AvgIpc) is 2.13. The van der Waals surface area contributed by atoms with Crippen LogP contribution in [-0.4, -0.2) is 25.2 Å². The summed E-state index contributed by atoms with van der Waals surface area (Å²) in [5, 5.41) is 3.42. The Bertz CT molecular complexity index is 382. The molecular weight excluding hydrogens is 226 g/mol. The van der Waals surface area contributed by atoms with Gasteiger partial charge in [-0.05, 0) is 37.1 Å². The van der Waals surface area contributed by atoms with Crippen LogP contribution in [0.3, 0.4) is 0 Å². The van der Waals surface area contributed by atoms with Crippen molar-refractivity contribution < 1.29 is 9.53 Å². The fraction of sp³-hybridized carbons (Fsp3) is 0.417. The zero-order valence-corrected chi connectivity index (χ0v) is 9.88. The second-order valence-corrected chi connectivity index (χ2v) is 4.45. The molecule has 0 aliphatic carbocycles. The third kappa shape index (κ3) is 2.74. The molecule has 1 aliphatic rings. The lowest BCUT2D eigenvalue weighted by Gasteiger charge is -2.26. The van der Waals surface area contributed by atoms with Crippen LogP contribution in [-0.2, 0) is 4.74 Å². The summed E-state index contributed by atoms with van der Waals surface area (Å²) in [6, 6.07) is 5.32. The van der Waals surface area contributed by atoms with E-state index in [-0.39, 0.29) is 12.0 Å². The van der Waals surface area contributed by atoms with Gasteiger partial charge in [-0.3, -0.25) is 4.79 Å². The van der Waals surface area contributed by atoms with Gasteiger partial charge in [-0.25, -0.2) is 0 Å². The first-order chi connectivity index (χ1) is 7.65. The van der Waals surface area contributed by atoms with Crippen LogP contribution in [0.1, 0.15) is 22.3 Å². The smallest absolute Gasteiger partial charge is 0.251 e. The molecule has 0 bridgehead atoms. The van der Waals surface area contributed by atoms with E-state index >= 15 is 0 Å². The predicted molar refractivity (Wildman–Crippen MR) is 62.9 cm³/mol. The Kier molecular flexibility index (Phi) is 3.46. The number of ether oxygens (including phenoxy) is 1. The summed E-state index contributed by atoms with van der Waals surface area (Å²) in [6.07, 6.45) is 1.21. The molecular formula is C12H14ClNO2. The summed E-state index contributed by atoms with van der Waals surface area (Å²) in [6.45, 7) is 3.29. The van der Waals surface area contributed by atoms with Gasteiger partial charge in [0.1, 0.15) is 0 Å². The highest BCUT2D eigenvalue weighted by Crippen LogP contribution is 2.15. The van der Waals surface area contributed by atoms with Crippen molar-refractivity contribution in [3.8, 4) is 0 Å². The molecule has 1 N–H and O–H groups in total. The van der Waals surface area contributed by atoms with Crippen LogP contribution < -0.4 is 5.32 Å². The van der Waals surface area contributed by atoms with Gasteiger partial charge in [-0.15, -0.1) is 0 Å². The van der Waals surface area contributed by atoms with Gasteiger partial charge in [0, 0.05) is 23.7 Å². The Morgan fingerprint density at radius 1 is 1.56 bits per heavy atom. The molecule has 1 unspecified atom stereocenters. The first kappa shape index (κ1) is 11.4. The topological polar surface area (TPSA) is 38.3 Å². The average molecular weight is 240 g/mol. The van der Waals surface area contributed by atoms with E-state index in [1.54, 1.807) is 6.07 Å². The number of benzene rings is 1. The summed E-state index contributed by atoms with van der Waals surface area (Å²) in [5.74, 6) is -0.0962. The third-order valence-electron chi connectivity index (χ3n) is 2.59. The molecule has 16 heavy (non-hydrogen) atoms. The van der Waals surface area contributed by atoms with Crippen molar-refractivity contribution in [1.82, 2.24) is 5.32 Å². The molecule has 3 nitrogen and oxygen atoms in total. The van der Waals surface area contributed by atoms with Crippen LogP contribution in [0.15, 0.2) is 18.2 Å². The third-order valence-corrected chi connectivity index (χ3v) is 2.81. The van der Waals surface area contributed by atoms with Crippen molar-refractivity contribution in [3.63, 3.8) is 0 Å². The first-order valence-electron chi connectivity index (χ1n) is 5.32. The molecule has 1 atom stereocenters. The Balaban J connectivity index is 1.96. The fourth-order valence-electron chi connectivity index (χ4n) is 1.62. The number of hydrogen-bond donors (Lipinski definition) is 1. The molecule has 0 saturated carbocycles. The van der Waals surface area contributed by atoms with Crippen LogP contribution in [0.2, 0.25) is 5.02 Å². The standard InChI is InChI=1S/C12H14ClNO2/c1-8-4-9(6-10(13)5-8)12(15)14-7-11-2-3-16-11/h4-6,11H,2-3,7H2,1H3,(H,14,15). The van der Waals surface area contributed by atoms with E-state index in [0.717, 1.165) is 18.6 Å². The number of amides is 1. The molecule has 1 aliphatic heterocycles. The number of aryl methyl sites for hydroxylation is 1. The molecule has 1 saturated heterocycles. The number of rotatable bonds is 3. The fourth-order valence-corrected chi connectivity index (χ4v) is 1.91. The maximum Gasteiger partial charge on any atom is 0.251 e. The van der Waals surface area contributed by atoms with E-state index in [4.69, 9.17) is 16.3 Å². The minimum Gasteiger partial charge on any atom is -0.376 e. The molecule has 2 rings (SSSR count). The summed E-state index contributed by atoms with van der Waals surface area (Å²) < 4.78 is 5.22. The number of hydrogen-bond acceptors (Lipinski definition) is 2. The Labute approximate surface area is 99.7 Å². The molecule has 1 fully saturated rings. The quantitative estimate of drug-likeness (QED) is 0.878. The maximum absolute atomic E-state index is 11.8. The zero-order chi connectivity index (χ0) is 11.5. The van der Waals surface area contributed by atoms with Gasteiger partial charge in [0.25, 0.3) is 5.91 Å². The number of halogens is 1. The first-order valence-corrected chi connectivity index (χ1v) is 5.70. The van der Waals surface area contributed by atoms with Gasteiger partial charge in [0.2, 0.25) is 0 Å². The molecule has 1 heterocycles. The Morgan fingerprint density at radius 2 is 2.31 bits per heavy atom. The van der Waals surface area contributed by atoms with Crippen molar-refractivity contribution >= 4 is 17.5 Å². The minimum atomic E-state index is -0.0962. The normalized spacial score (nSPS) is 19.0. The van der Waals surface area contributed by atoms with Gasteiger partial charge in [0.05, 0.1) is 6.10 Å². The molecule has 86 valence electrons. The van der Waals surface area contributed by atoms with E-state index in [2.05, 4.69) is 5.32 Å². The minimum absolute atomic E-state index is 0.0962. The van der Waals surface area contributed by atoms with Crippen LogP contribution >= 0.6 is 11.6 Å². The predicted octanol–water partition coefficient (Wildman–Crippen LogP) is 2.17. The number of carbonyl (C=O) groups is 1. The Hall–Kier alpha value is -1.06. The zero-order valence-electron chi connectivity index (χ0n) is 9.13. The second kappa shape index (κ2) is 4.85. The molecule has 4 heteroatoms. The van der Waals surface area contributed by atoms with Crippen LogP contribution in [0.4, 0.5) is 0 Å². The lowest BCUT2D eigenvalue weighted by molar-refractivity contribution is -0.0472. The van der Waals surface area contributed by atoms with Crippen molar-refractivity contribution in [1.29, 1.82) is 0 Å². The van der Waals surface area contributed by atoms with E-state index < -0.39 is 0 Å². The number of carbonyl (C=O) groups excluding carboxylic acids is 1. The van der Waals surface area contributed by atoms with Crippen molar-refractivity contribution in [2.45, 2.75) is 19.4 Å². The molecule has 1 aromatic rings. The van der Waals surface area contributed by atoms with Gasteiger partial charge < -0.3 is 10.1 Å². The molecule has 1 aromatic carbocycles. The lowest BCUT2D eigenvalue weighted by Crippen LogP contribution is -2.39. The molecule has 1 amide bonds.